The van der Waals surface area contributed by atoms with Crippen LogP contribution in [0.5, 0.6) is 0 Å². The second-order valence-corrected chi connectivity index (χ2v) is 4.15. The van der Waals surface area contributed by atoms with Crippen molar-refractivity contribution in [3.8, 4) is 6.07 Å². The van der Waals surface area contributed by atoms with Crippen LogP contribution in [0.25, 0.3) is 0 Å². The number of hydrogen-bond donors (Lipinski definition) is 1. The number of amides is 1. The van der Waals surface area contributed by atoms with Gasteiger partial charge in [-0.2, -0.15) is 5.26 Å². The minimum absolute atomic E-state index is 0.109. The van der Waals surface area contributed by atoms with Crippen LogP contribution in [0.15, 0.2) is 0 Å². The van der Waals surface area contributed by atoms with Crippen molar-refractivity contribution in [3.63, 3.8) is 0 Å². The summed E-state index contributed by atoms with van der Waals surface area (Å²) in [4.78, 5) is 11.4. The van der Waals surface area contributed by atoms with E-state index < -0.39 is 5.92 Å². The van der Waals surface area contributed by atoms with E-state index in [-0.39, 0.29) is 5.91 Å². The molecule has 0 spiro atoms. The van der Waals surface area contributed by atoms with Crippen LogP contribution in [0.4, 0.5) is 0 Å². The second-order valence-electron chi connectivity index (χ2n) is 4.15. The van der Waals surface area contributed by atoms with Crippen molar-refractivity contribution in [2.75, 3.05) is 6.54 Å². The zero-order chi connectivity index (χ0) is 10.6. The summed E-state index contributed by atoms with van der Waals surface area (Å²) < 4.78 is 0. The molecule has 1 saturated carbocycles. The van der Waals surface area contributed by atoms with Gasteiger partial charge in [-0.05, 0) is 31.1 Å². The van der Waals surface area contributed by atoms with E-state index in [1.807, 2.05) is 13.0 Å². The Hall–Kier alpha value is -1.04. The molecular formula is C11H18N2O. The maximum atomic E-state index is 11.4. The van der Waals surface area contributed by atoms with E-state index in [0.29, 0.717) is 12.3 Å². The number of hydrogen-bond acceptors (Lipinski definition) is 2. The Kier molecular flexibility index (Phi) is 3.94. The Morgan fingerprint density at radius 3 is 2.71 bits per heavy atom. The summed E-state index contributed by atoms with van der Waals surface area (Å²) >= 11 is 0. The molecule has 0 heterocycles. The fraction of sp³-hybridized carbons (Fsp3) is 0.818. The lowest BCUT2D eigenvalue weighted by Gasteiger charge is -2.12. The summed E-state index contributed by atoms with van der Waals surface area (Å²) in [6.07, 6.45) is 3.19. The fourth-order valence-corrected chi connectivity index (χ4v) is 1.55. The first-order chi connectivity index (χ1) is 6.69. The van der Waals surface area contributed by atoms with Crippen LogP contribution in [0.2, 0.25) is 0 Å². The minimum atomic E-state index is -0.471. The van der Waals surface area contributed by atoms with Gasteiger partial charge in [0.2, 0.25) is 5.91 Å². The van der Waals surface area contributed by atoms with Gasteiger partial charge < -0.3 is 5.32 Å². The molecule has 2 unspecified atom stereocenters. The van der Waals surface area contributed by atoms with E-state index in [9.17, 15) is 4.79 Å². The van der Waals surface area contributed by atoms with Gasteiger partial charge in [0.1, 0.15) is 5.92 Å². The van der Waals surface area contributed by atoms with Crippen LogP contribution in [-0.2, 0) is 4.79 Å². The molecule has 3 nitrogen and oxygen atoms in total. The SMILES string of the molecule is CCC(C#N)C(=O)NCC(C)C1CC1. The summed E-state index contributed by atoms with van der Waals surface area (Å²) in [7, 11) is 0. The molecule has 0 aromatic heterocycles. The molecule has 3 heteroatoms. The minimum Gasteiger partial charge on any atom is -0.355 e. The molecule has 0 bridgehead atoms. The fourth-order valence-electron chi connectivity index (χ4n) is 1.55. The third-order valence-corrected chi connectivity index (χ3v) is 2.91. The first-order valence-electron chi connectivity index (χ1n) is 5.36. The molecule has 0 aromatic rings. The topological polar surface area (TPSA) is 52.9 Å². The molecule has 1 N–H and O–H groups in total. The van der Waals surface area contributed by atoms with Gasteiger partial charge in [-0.3, -0.25) is 4.79 Å². The molecule has 0 saturated heterocycles. The van der Waals surface area contributed by atoms with E-state index in [2.05, 4.69) is 12.2 Å². The number of rotatable bonds is 5. The quantitative estimate of drug-likeness (QED) is 0.724. The van der Waals surface area contributed by atoms with Crippen molar-refractivity contribution in [1.82, 2.24) is 5.32 Å². The number of carbonyl (C=O) groups excluding carboxylic acids is 1. The Labute approximate surface area is 85.5 Å². The smallest absolute Gasteiger partial charge is 0.237 e. The highest BCUT2D eigenvalue weighted by atomic mass is 16.1. The van der Waals surface area contributed by atoms with Crippen LogP contribution in [0.1, 0.15) is 33.1 Å². The van der Waals surface area contributed by atoms with Crippen LogP contribution in [0, 0.1) is 29.1 Å². The zero-order valence-electron chi connectivity index (χ0n) is 8.92. The predicted octanol–water partition coefficient (Wildman–Crippen LogP) is 1.70. The summed E-state index contributed by atoms with van der Waals surface area (Å²) in [5.41, 5.74) is 0. The van der Waals surface area contributed by atoms with E-state index in [0.717, 1.165) is 12.5 Å². The molecule has 1 rings (SSSR count). The summed E-state index contributed by atoms with van der Waals surface area (Å²) in [6, 6.07) is 2.01. The van der Waals surface area contributed by atoms with Crippen molar-refractivity contribution < 1.29 is 4.79 Å². The molecule has 0 radical (unpaired) electrons. The molecule has 78 valence electrons. The van der Waals surface area contributed by atoms with Gasteiger partial charge in [0.15, 0.2) is 0 Å². The predicted molar refractivity (Wildman–Crippen MR) is 54.3 cm³/mol. The van der Waals surface area contributed by atoms with Crippen LogP contribution in [0.3, 0.4) is 0 Å². The summed E-state index contributed by atoms with van der Waals surface area (Å²) in [5.74, 6) is 0.788. The van der Waals surface area contributed by atoms with E-state index in [4.69, 9.17) is 5.26 Å². The average molecular weight is 194 g/mol. The van der Waals surface area contributed by atoms with Crippen molar-refractivity contribution in [2.45, 2.75) is 33.1 Å². The zero-order valence-corrected chi connectivity index (χ0v) is 8.92. The molecule has 1 aliphatic rings. The van der Waals surface area contributed by atoms with Gasteiger partial charge in [0.05, 0.1) is 6.07 Å². The first-order valence-corrected chi connectivity index (χ1v) is 5.36. The van der Waals surface area contributed by atoms with Gasteiger partial charge >= 0.3 is 0 Å². The Bertz CT molecular complexity index is 240. The number of nitrogens with zero attached hydrogens (tertiary/aromatic N) is 1. The monoisotopic (exact) mass is 194 g/mol. The summed E-state index contributed by atoms with van der Waals surface area (Å²) in [5, 5.41) is 11.5. The second kappa shape index (κ2) is 4.99. The molecule has 0 aromatic carbocycles. The first kappa shape index (κ1) is 11.0. The van der Waals surface area contributed by atoms with Crippen molar-refractivity contribution >= 4 is 5.91 Å². The third kappa shape index (κ3) is 3.02. The lowest BCUT2D eigenvalue weighted by Crippen LogP contribution is -2.33. The van der Waals surface area contributed by atoms with E-state index >= 15 is 0 Å². The third-order valence-electron chi connectivity index (χ3n) is 2.91. The van der Waals surface area contributed by atoms with Crippen molar-refractivity contribution in [3.05, 3.63) is 0 Å². The normalized spacial score (nSPS) is 19.5. The van der Waals surface area contributed by atoms with Gasteiger partial charge in [-0.15, -0.1) is 0 Å². The standard InChI is InChI=1S/C11H18N2O/c1-3-9(6-12)11(14)13-7-8(2)10-4-5-10/h8-10H,3-5,7H2,1-2H3,(H,13,14). The van der Waals surface area contributed by atoms with Crippen molar-refractivity contribution in [1.29, 1.82) is 5.26 Å². The Balaban J connectivity index is 2.22. The average Bonchev–Trinajstić information content (AvgIpc) is 2.99. The van der Waals surface area contributed by atoms with Gasteiger partial charge in [-0.1, -0.05) is 13.8 Å². The Morgan fingerprint density at radius 2 is 2.29 bits per heavy atom. The van der Waals surface area contributed by atoms with Gasteiger partial charge in [-0.25, -0.2) is 0 Å². The molecular weight excluding hydrogens is 176 g/mol. The highest BCUT2D eigenvalue weighted by molar-refractivity contribution is 5.80. The lowest BCUT2D eigenvalue weighted by atomic mass is 10.0. The maximum Gasteiger partial charge on any atom is 0.237 e. The lowest BCUT2D eigenvalue weighted by molar-refractivity contribution is -0.123. The highest BCUT2D eigenvalue weighted by Crippen LogP contribution is 2.36. The Morgan fingerprint density at radius 1 is 1.64 bits per heavy atom. The number of nitrogens with one attached hydrogen (secondary N) is 1. The van der Waals surface area contributed by atoms with Gasteiger partial charge in [0.25, 0.3) is 0 Å². The van der Waals surface area contributed by atoms with Crippen LogP contribution >= 0.6 is 0 Å². The van der Waals surface area contributed by atoms with E-state index in [1.54, 1.807) is 0 Å². The number of carbonyl (C=O) groups is 1. The molecule has 1 aliphatic carbocycles. The molecule has 0 aliphatic heterocycles. The van der Waals surface area contributed by atoms with Gasteiger partial charge in [0, 0.05) is 6.54 Å². The summed E-state index contributed by atoms with van der Waals surface area (Å²) in [6.45, 7) is 4.74. The number of nitriles is 1. The molecule has 2 atom stereocenters. The van der Waals surface area contributed by atoms with E-state index in [1.165, 1.54) is 12.8 Å². The maximum absolute atomic E-state index is 11.4. The van der Waals surface area contributed by atoms with Crippen molar-refractivity contribution in [2.24, 2.45) is 17.8 Å². The highest BCUT2D eigenvalue weighted by Gasteiger charge is 2.28. The largest absolute Gasteiger partial charge is 0.355 e. The molecule has 1 fully saturated rings. The van der Waals surface area contributed by atoms with Crippen LogP contribution < -0.4 is 5.32 Å². The molecule has 1 amide bonds. The molecule has 14 heavy (non-hydrogen) atoms. The van der Waals surface area contributed by atoms with Crippen LogP contribution in [-0.4, -0.2) is 12.5 Å².